The van der Waals surface area contributed by atoms with Crippen LogP contribution in [0.1, 0.15) is 17.3 Å². The number of carbonyl (C=O) groups is 1. The monoisotopic (exact) mass is 365 g/mol. The van der Waals surface area contributed by atoms with Gasteiger partial charge >= 0.3 is 5.97 Å². The van der Waals surface area contributed by atoms with Crippen LogP contribution >= 0.6 is 0 Å². The largest absolute Gasteiger partial charge is 0.495 e. The quantitative estimate of drug-likeness (QED) is 0.614. The molecular weight excluding hydrogens is 346 g/mol. The summed E-state index contributed by atoms with van der Waals surface area (Å²) in [6.45, 7) is 2.06. The highest BCUT2D eigenvalue weighted by atomic mass is 16.5. The molecule has 0 saturated heterocycles. The van der Waals surface area contributed by atoms with Crippen LogP contribution in [0.15, 0.2) is 54.7 Å². The van der Waals surface area contributed by atoms with E-state index < -0.39 is 5.97 Å². The van der Waals surface area contributed by atoms with Crippen molar-refractivity contribution in [2.75, 3.05) is 24.4 Å². The molecule has 2 N–H and O–H groups in total. The van der Waals surface area contributed by atoms with Gasteiger partial charge in [0.25, 0.3) is 0 Å². The van der Waals surface area contributed by atoms with Crippen LogP contribution in [0.2, 0.25) is 0 Å². The topological polar surface area (TPSA) is 98.3 Å². The van der Waals surface area contributed by atoms with Gasteiger partial charge in [-0.3, -0.25) is 0 Å². The summed E-state index contributed by atoms with van der Waals surface area (Å²) in [5, 5.41) is 14.1. The molecule has 1 heterocycles. The molecule has 0 saturated carbocycles. The highest BCUT2D eigenvalue weighted by Gasteiger charge is 2.13. The Morgan fingerprint density at radius 1 is 1.04 bits per heavy atom. The van der Waals surface area contributed by atoms with E-state index in [1.807, 2.05) is 30.3 Å². The van der Waals surface area contributed by atoms with Crippen molar-refractivity contribution < 1.29 is 14.3 Å². The average molecular weight is 365 g/mol. The van der Waals surface area contributed by atoms with Crippen LogP contribution in [-0.2, 0) is 4.74 Å². The molecule has 0 aliphatic rings. The van der Waals surface area contributed by atoms with Gasteiger partial charge in [0.2, 0.25) is 5.95 Å². The standard InChI is InChI=1S/C19H19N5O3/c1-3-27-18(25)13-8-4-5-9-14(13)21-17-12-20-24-19(23-17)22-15-10-6-7-11-16(15)26-2/h4-12H,3H2,1-2H3,(H2,21,22,23,24). The number of anilines is 4. The third kappa shape index (κ3) is 4.49. The number of rotatable bonds is 7. The van der Waals surface area contributed by atoms with Crippen molar-refractivity contribution in [2.45, 2.75) is 6.92 Å². The zero-order valence-corrected chi connectivity index (χ0v) is 15.0. The van der Waals surface area contributed by atoms with Gasteiger partial charge in [-0.25, -0.2) is 4.79 Å². The molecule has 3 aromatic rings. The zero-order chi connectivity index (χ0) is 19.1. The second-order valence-electron chi connectivity index (χ2n) is 5.38. The first-order chi connectivity index (χ1) is 13.2. The van der Waals surface area contributed by atoms with Gasteiger partial charge < -0.3 is 20.1 Å². The summed E-state index contributed by atoms with van der Waals surface area (Å²) in [4.78, 5) is 16.5. The summed E-state index contributed by atoms with van der Waals surface area (Å²) in [6, 6.07) is 14.4. The summed E-state index contributed by atoms with van der Waals surface area (Å²) >= 11 is 0. The molecule has 8 heteroatoms. The fourth-order valence-corrected chi connectivity index (χ4v) is 2.40. The normalized spacial score (nSPS) is 10.1. The predicted molar refractivity (Wildman–Crippen MR) is 102 cm³/mol. The smallest absolute Gasteiger partial charge is 0.340 e. The van der Waals surface area contributed by atoms with E-state index in [-0.39, 0.29) is 5.95 Å². The van der Waals surface area contributed by atoms with Crippen LogP contribution in [0.5, 0.6) is 5.75 Å². The Labute approximate surface area is 156 Å². The lowest BCUT2D eigenvalue weighted by atomic mass is 10.2. The maximum atomic E-state index is 12.1. The molecule has 0 spiro atoms. The minimum Gasteiger partial charge on any atom is -0.495 e. The van der Waals surface area contributed by atoms with Crippen molar-refractivity contribution >= 4 is 29.1 Å². The molecule has 8 nitrogen and oxygen atoms in total. The molecule has 0 radical (unpaired) electrons. The number of benzene rings is 2. The lowest BCUT2D eigenvalue weighted by Crippen LogP contribution is -2.09. The Balaban J connectivity index is 1.82. The van der Waals surface area contributed by atoms with Crippen LogP contribution in [0.25, 0.3) is 0 Å². The number of ether oxygens (including phenoxy) is 2. The molecule has 0 amide bonds. The lowest BCUT2D eigenvalue weighted by molar-refractivity contribution is 0.0527. The predicted octanol–water partition coefficient (Wildman–Crippen LogP) is 3.54. The average Bonchev–Trinajstić information content (AvgIpc) is 2.69. The summed E-state index contributed by atoms with van der Waals surface area (Å²) < 4.78 is 10.4. The van der Waals surface area contributed by atoms with Crippen LogP contribution in [0, 0.1) is 0 Å². The van der Waals surface area contributed by atoms with E-state index in [4.69, 9.17) is 9.47 Å². The first kappa shape index (κ1) is 18.1. The molecule has 3 rings (SSSR count). The first-order valence-corrected chi connectivity index (χ1v) is 8.34. The van der Waals surface area contributed by atoms with Crippen molar-refractivity contribution in [1.29, 1.82) is 0 Å². The lowest BCUT2D eigenvalue weighted by Gasteiger charge is -2.12. The summed E-state index contributed by atoms with van der Waals surface area (Å²) in [5.74, 6) is 0.972. The van der Waals surface area contributed by atoms with Gasteiger partial charge in [0, 0.05) is 0 Å². The molecule has 27 heavy (non-hydrogen) atoms. The fourth-order valence-electron chi connectivity index (χ4n) is 2.40. The van der Waals surface area contributed by atoms with Crippen LogP contribution in [0.4, 0.5) is 23.1 Å². The highest BCUT2D eigenvalue weighted by Crippen LogP contribution is 2.26. The number of nitrogens with one attached hydrogen (secondary N) is 2. The Morgan fingerprint density at radius 3 is 2.56 bits per heavy atom. The van der Waals surface area contributed by atoms with E-state index in [0.717, 1.165) is 0 Å². The van der Waals surface area contributed by atoms with Crippen molar-refractivity contribution in [3.8, 4) is 5.75 Å². The Hall–Kier alpha value is -3.68. The molecule has 138 valence electrons. The van der Waals surface area contributed by atoms with Crippen molar-refractivity contribution in [3.05, 3.63) is 60.3 Å². The molecule has 0 aliphatic carbocycles. The first-order valence-electron chi connectivity index (χ1n) is 8.34. The minimum absolute atomic E-state index is 0.290. The third-order valence-electron chi connectivity index (χ3n) is 3.60. The summed E-state index contributed by atoms with van der Waals surface area (Å²) in [6.07, 6.45) is 1.47. The number of hydrogen-bond donors (Lipinski definition) is 2. The number of esters is 1. The molecule has 1 aromatic heterocycles. The summed E-state index contributed by atoms with van der Waals surface area (Å²) in [5.41, 5.74) is 1.70. The number of methoxy groups -OCH3 is 1. The van der Waals surface area contributed by atoms with Gasteiger partial charge in [-0.05, 0) is 31.2 Å². The van der Waals surface area contributed by atoms with Crippen LogP contribution in [-0.4, -0.2) is 34.9 Å². The van der Waals surface area contributed by atoms with Gasteiger partial charge in [0.1, 0.15) is 5.75 Å². The number of para-hydroxylation sites is 3. The molecule has 0 aliphatic heterocycles. The van der Waals surface area contributed by atoms with E-state index >= 15 is 0 Å². The van der Waals surface area contributed by atoms with Gasteiger partial charge in [-0.1, -0.05) is 24.3 Å². The van der Waals surface area contributed by atoms with E-state index in [1.165, 1.54) is 6.20 Å². The number of carbonyl (C=O) groups excluding carboxylic acids is 1. The summed E-state index contributed by atoms with van der Waals surface area (Å²) in [7, 11) is 1.59. The highest BCUT2D eigenvalue weighted by molar-refractivity contribution is 5.96. The molecule has 0 unspecified atom stereocenters. The van der Waals surface area contributed by atoms with E-state index in [0.29, 0.717) is 35.1 Å². The number of aromatic nitrogens is 3. The van der Waals surface area contributed by atoms with E-state index in [9.17, 15) is 4.79 Å². The number of hydrogen-bond acceptors (Lipinski definition) is 8. The Bertz CT molecular complexity index is 932. The third-order valence-corrected chi connectivity index (χ3v) is 3.60. The van der Waals surface area contributed by atoms with Crippen molar-refractivity contribution in [1.82, 2.24) is 15.2 Å². The van der Waals surface area contributed by atoms with Crippen LogP contribution < -0.4 is 15.4 Å². The fraction of sp³-hybridized carbons (Fsp3) is 0.158. The maximum absolute atomic E-state index is 12.1. The van der Waals surface area contributed by atoms with Gasteiger partial charge in [0.15, 0.2) is 5.82 Å². The molecule has 0 bridgehead atoms. The second kappa shape index (κ2) is 8.61. The Kier molecular flexibility index (Phi) is 5.78. The molecular formula is C19H19N5O3. The van der Waals surface area contributed by atoms with Crippen LogP contribution in [0.3, 0.4) is 0 Å². The Morgan fingerprint density at radius 2 is 1.78 bits per heavy atom. The van der Waals surface area contributed by atoms with Crippen molar-refractivity contribution in [2.24, 2.45) is 0 Å². The van der Waals surface area contributed by atoms with Gasteiger partial charge in [0.05, 0.1) is 36.9 Å². The van der Waals surface area contributed by atoms with Gasteiger partial charge in [-0.15, -0.1) is 5.10 Å². The van der Waals surface area contributed by atoms with Gasteiger partial charge in [-0.2, -0.15) is 10.1 Å². The van der Waals surface area contributed by atoms with E-state index in [1.54, 1.807) is 32.2 Å². The second-order valence-corrected chi connectivity index (χ2v) is 5.38. The molecule has 0 atom stereocenters. The molecule has 2 aromatic carbocycles. The maximum Gasteiger partial charge on any atom is 0.340 e. The molecule has 0 fully saturated rings. The zero-order valence-electron chi connectivity index (χ0n) is 15.0. The van der Waals surface area contributed by atoms with Crippen molar-refractivity contribution in [3.63, 3.8) is 0 Å². The number of nitrogens with zero attached hydrogens (tertiary/aromatic N) is 3. The minimum atomic E-state index is -0.407. The SMILES string of the molecule is CCOC(=O)c1ccccc1Nc1cnnc(Nc2ccccc2OC)n1. The van der Waals surface area contributed by atoms with E-state index in [2.05, 4.69) is 25.8 Å².